The Morgan fingerprint density at radius 1 is 1.10 bits per heavy atom. The molecular formula is C18H16O2. The Balaban J connectivity index is 2.10. The molecule has 0 bridgehead atoms. The number of carbonyl (C=O) groups is 1. The van der Waals surface area contributed by atoms with Crippen molar-refractivity contribution < 1.29 is 9.90 Å². The van der Waals surface area contributed by atoms with Crippen LogP contribution >= 0.6 is 0 Å². The molecule has 100 valence electrons. The molecule has 0 atom stereocenters. The maximum atomic E-state index is 11.0. The van der Waals surface area contributed by atoms with Crippen molar-refractivity contribution in [1.29, 1.82) is 0 Å². The van der Waals surface area contributed by atoms with Crippen LogP contribution in [0.15, 0.2) is 48.5 Å². The number of aryl methyl sites for hydroxylation is 2. The lowest BCUT2D eigenvalue weighted by Crippen LogP contribution is -2.03. The van der Waals surface area contributed by atoms with E-state index < -0.39 is 5.97 Å². The Morgan fingerprint density at radius 2 is 1.90 bits per heavy atom. The average Bonchev–Trinajstić information content (AvgIpc) is 2.46. The first-order valence-corrected chi connectivity index (χ1v) is 6.79. The van der Waals surface area contributed by atoms with Crippen molar-refractivity contribution in [1.82, 2.24) is 0 Å². The van der Waals surface area contributed by atoms with Crippen molar-refractivity contribution in [2.45, 2.75) is 19.8 Å². The zero-order chi connectivity index (χ0) is 14.1. The molecule has 0 radical (unpaired) electrons. The summed E-state index contributed by atoms with van der Waals surface area (Å²) in [6, 6.07) is 13.8. The fourth-order valence-corrected chi connectivity index (χ4v) is 2.84. The lowest BCUT2D eigenvalue weighted by molar-refractivity contribution is 0.0697. The fraction of sp³-hybridized carbons (Fsp3) is 0.167. The highest BCUT2D eigenvalue weighted by molar-refractivity contribution is 5.90. The topological polar surface area (TPSA) is 37.3 Å². The number of fused-ring (bicyclic) bond motifs is 1. The van der Waals surface area contributed by atoms with Gasteiger partial charge in [0.15, 0.2) is 0 Å². The third-order valence-electron chi connectivity index (χ3n) is 3.83. The smallest absolute Gasteiger partial charge is 0.335 e. The van der Waals surface area contributed by atoms with E-state index in [-0.39, 0.29) is 0 Å². The van der Waals surface area contributed by atoms with Gasteiger partial charge in [-0.25, -0.2) is 4.79 Å². The number of benzene rings is 2. The third kappa shape index (κ3) is 2.14. The van der Waals surface area contributed by atoms with Gasteiger partial charge in [-0.3, -0.25) is 0 Å². The Labute approximate surface area is 118 Å². The first-order chi connectivity index (χ1) is 9.66. The second-order valence-corrected chi connectivity index (χ2v) is 5.15. The summed E-state index contributed by atoms with van der Waals surface area (Å²) >= 11 is 0. The van der Waals surface area contributed by atoms with Gasteiger partial charge < -0.3 is 5.11 Å². The first-order valence-electron chi connectivity index (χ1n) is 6.79. The normalized spacial score (nSPS) is 13.6. The molecule has 2 nitrogen and oxygen atoms in total. The van der Waals surface area contributed by atoms with E-state index in [0.29, 0.717) is 5.56 Å². The standard InChI is InChI=1S/C18H16O2/c1-12-11-14(18(19)20)9-10-15(12)17-8-4-6-13-5-2-3-7-16(13)17/h2-3,5,7-11H,4,6H2,1H3,(H,19,20). The predicted octanol–water partition coefficient (Wildman–Crippen LogP) is 4.07. The molecule has 0 aromatic heterocycles. The van der Waals surface area contributed by atoms with Crippen molar-refractivity contribution in [3.8, 4) is 0 Å². The van der Waals surface area contributed by atoms with Crippen molar-refractivity contribution in [3.63, 3.8) is 0 Å². The van der Waals surface area contributed by atoms with E-state index in [1.807, 2.05) is 13.0 Å². The van der Waals surface area contributed by atoms with E-state index in [1.54, 1.807) is 12.1 Å². The molecule has 2 aromatic carbocycles. The number of allylic oxidation sites excluding steroid dienone is 1. The molecule has 3 rings (SSSR count). The number of carboxylic acid groups (broad SMARTS) is 1. The van der Waals surface area contributed by atoms with Gasteiger partial charge in [-0.2, -0.15) is 0 Å². The highest BCUT2D eigenvalue weighted by atomic mass is 16.4. The highest BCUT2D eigenvalue weighted by Crippen LogP contribution is 2.33. The van der Waals surface area contributed by atoms with Crippen LogP contribution in [0.1, 0.15) is 39.0 Å². The molecule has 0 fully saturated rings. The minimum atomic E-state index is -0.877. The van der Waals surface area contributed by atoms with Crippen LogP contribution in [0.3, 0.4) is 0 Å². The summed E-state index contributed by atoms with van der Waals surface area (Å²) in [6.45, 7) is 1.97. The van der Waals surface area contributed by atoms with Crippen molar-refractivity contribution >= 4 is 11.5 Å². The monoisotopic (exact) mass is 264 g/mol. The Morgan fingerprint density at radius 3 is 2.65 bits per heavy atom. The zero-order valence-corrected chi connectivity index (χ0v) is 11.4. The second kappa shape index (κ2) is 4.97. The van der Waals surface area contributed by atoms with Crippen molar-refractivity contribution in [3.05, 3.63) is 76.4 Å². The summed E-state index contributed by atoms with van der Waals surface area (Å²) in [4.78, 5) is 11.0. The maximum absolute atomic E-state index is 11.0. The Hall–Kier alpha value is -2.35. The quantitative estimate of drug-likeness (QED) is 0.887. The first kappa shape index (κ1) is 12.7. The molecular weight excluding hydrogens is 248 g/mol. The Bertz CT molecular complexity index is 711. The molecule has 0 spiro atoms. The van der Waals surface area contributed by atoms with Crippen LogP contribution in [0.2, 0.25) is 0 Å². The molecule has 1 aliphatic rings. The number of hydrogen-bond donors (Lipinski definition) is 1. The van der Waals surface area contributed by atoms with Crippen molar-refractivity contribution in [2.24, 2.45) is 0 Å². The summed E-state index contributed by atoms with van der Waals surface area (Å²) in [5.74, 6) is -0.877. The zero-order valence-electron chi connectivity index (χ0n) is 11.4. The van der Waals surface area contributed by atoms with Gasteiger partial charge in [0.25, 0.3) is 0 Å². The van der Waals surface area contributed by atoms with E-state index in [1.165, 1.54) is 16.7 Å². The molecule has 2 aromatic rings. The van der Waals surface area contributed by atoms with Crippen LogP contribution in [0.4, 0.5) is 0 Å². The average molecular weight is 264 g/mol. The van der Waals surface area contributed by atoms with Crippen LogP contribution in [-0.4, -0.2) is 11.1 Å². The van der Waals surface area contributed by atoms with Crippen LogP contribution in [0.25, 0.3) is 5.57 Å². The molecule has 0 amide bonds. The Kier molecular flexibility index (Phi) is 3.15. The van der Waals surface area contributed by atoms with Crippen LogP contribution < -0.4 is 0 Å². The molecule has 0 saturated heterocycles. The summed E-state index contributed by atoms with van der Waals surface area (Å²) in [5, 5.41) is 9.05. The molecule has 20 heavy (non-hydrogen) atoms. The summed E-state index contributed by atoms with van der Waals surface area (Å²) in [5.41, 5.74) is 6.34. The molecule has 0 saturated carbocycles. The largest absolute Gasteiger partial charge is 0.478 e. The van der Waals surface area contributed by atoms with Gasteiger partial charge in [0, 0.05) is 0 Å². The van der Waals surface area contributed by atoms with E-state index in [9.17, 15) is 4.79 Å². The molecule has 1 aliphatic carbocycles. The maximum Gasteiger partial charge on any atom is 0.335 e. The van der Waals surface area contributed by atoms with E-state index in [2.05, 4.69) is 30.3 Å². The van der Waals surface area contributed by atoms with Gasteiger partial charge in [0.1, 0.15) is 0 Å². The minimum Gasteiger partial charge on any atom is -0.478 e. The van der Waals surface area contributed by atoms with Crippen LogP contribution in [-0.2, 0) is 6.42 Å². The molecule has 2 heteroatoms. The summed E-state index contributed by atoms with van der Waals surface area (Å²) in [6.07, 6.45) is 4.36. The van der Waals surface area contributed by atoms with Gasteiger partial charge in [-0.05, 0) is 59.7 Å². The molecule has 0 aliphatic heterocycles. The van der Waals surface area contributed by atoms with E-state index >= 15 is 0 Å². The molecule has 0 unspecified atom stereocenters. The minimum absolute atomic E-state index is 0.343. The second-order valence-electron chi connectivity index (χ2n) is 5.15. The van der Waals surface area contributed by atoms with Gasteiger partial charge in [-0.15, -0.1) is 0 Å². The van der Waals surface area contributed by atoms with E-state index in [0.717, 1.165) is 24.0 Å². The van der Waals surface area contributed by atoms with Gasteiger partial charge in [-0.1, -0.05) is 36.4 Å². The molecule has 1 N–H and O–H groups in total. The highest BCUT2D eigenvalue weighted by Gasteiger charge is 2.16. The number of aromatic carboxylic acids is 1. The van der Waals surface area contributed by atoms with Gasteiger partial charge in [0.05, 0.1) is 5.56 Å². The number of rotatable bonds is 2. The van der Waals surface area contributed by atoms with Crippen molar-refractivity contribution in [2.75, 3.05) is 0 Å². The lowest BCUT2D eigenvalue weighted by atomic mass is 9.85. The fourth-order valence-electron chi connectivity index (χ4n) is 2.84. The lowest BCUT2D eigenvalue weighted by Gasteiger charge is -2.19. The number of hydrogen-bond acceptors (Lipinski definition) is 1. The number of carboxylic acids is 1. The van der Waals surface area contributed by atoms with Gasteiger partial charge >= 0.3 is 5.97 Å². The van der Waals surface area contributed by atoms with Crippen LogP contribution in [0.5, 0.6) is 0 Å². The van der Waals surface area contributed by atoms with E-state index in [4.69, 9.17) is 5.11 Å². The third-order valence-corrected chi connectivity index (χ3v) is 3.83. The predicted molar refractivity (Wildman–Crippen MR) is 80.0 cm³/mol. The molecule has 0 heterocycles. The van der Waals surface area contributed by atoms with Crippen LogP contribution in [0, 0.1) is 6.92 Å². The van der Waals surface area contributed by atoms with Gasteiger partial charge in [0.2, 0.25) is 0 Å². The summed E-state index contributed by atoms with van der Waals surface area (Å²) in [7, 11) is 0. The SMILES string of the molecule is Cc1cc(C(=O)O)ccc1C1=CCCc2ccccc21. The summed E-state index contributed by atoms with van der Waals surface area (Å²) < 4.78 is 0.